The second-order valence-corrected chi connectivity index (χ2v) is 8.22. The molecule has 3 aliphatic rings. The van der Waals surface area contributed by atoms with Crippen LogP contribution in [0.5, 0.6) is 0 Å². The van der Waals surface area contributed by atoms with E-state index in [0.717, 1.165) is 37.1 Å². The van der Waals surface area contributed by atoms with Gasteiger partial charge in [-0.3, -0.25) is 9.59 Å². The van der Waals surface area contributed by atoms with Crippen LogP contribution in [0.3, 0.4) is 0 Å². The van der Waals surface area contributed by atoms with Crippen LogP contribution in [0.4, 0.5) is 11.4 Å². The maximum atomic E-state index is 12.7. The maximum Gasteiger partial charge on any atom is 0.166 e. The van der Waals surface area contributed by atoms with E-state index in [4.69, 9.17) is 0 Å². The Bertz CT molecular complexity index is 627. The summed E-state index contributed by atoms with van der Waals surface area (Å²) in [5.41, 5.74) is 3.04. The van der Waals surface area contributed by atoms with Crippen molar-refractivity contribution >= 4 is 22.9 Å². The van der Waals surface area contributed by atoms with E-state index in [2.05, 4.69) is 10.6 Å². The number of fused-ring (bicyclic) bond motifs is 1. The normalized spacial score (nSPS) is 22.2. The first-order valence-corrected chi connectivity index (χ1v) is 10.5. The van der Waals surface area contributed by atoms with Gasteiger partial charge in [0.05, 0.1) is 11.1 Å². The molecule has 0 saturated heterocycles. The molecular weight excluding hydrogens is 324 g/mol. The van der Waals surface area contributed by atoms with Crippen molar-refractivity contribution in [2.45, 2.75) is 89.1 Å². The van der Waals surface area contributed by atoms with Crippen LogP contribution in [0.15, 0.2) is 12.1 Å². The Hall–Kier alpha value is -1.84. The fourth-order valence-electron chi connectivity index (χ4n) is 4.83. The number of rotatable bonds is 4. The van der Waals surface area contributed by atoms with Gasteiger partial charge in [-0.25, -0.2) is 0 Å². The summed E-state index contributed by atoms with van der Waals surface area (Å²) in [7, 11) is 0. The lowest BCUT2D eigenvalue weighted by Crippen LogP contribution is -2.28. The summed E-state index contributed by atoms with van der Waals surface area (Å²) >= 11 is 0. The van der Waals surface area contributed by atoms with Gasteiger partial charge in [0, 0.05) is 36.3 Å². The maximum absolute atomic E-state index is 12.7. The van der Waals surface area contributed by atoms with Crippen LogP contribution in [-0.2, 0) is 0 Å². The fraction of sp³-hybridized carbons (Fsp3) is 0.636. The zero-order valence-electron chi connectivity index (χ0n) is 15.6. The molecule has 0 amide bonds. The molecule has 140 valence electrons. The van der Waals surface area contributed by atoms with Crippen LogP contribution >= 0.6 is 0 Å². The average molecular weight is 354 g/mol. The largest absolute Gasteiger partial charge is 0.382 e. The van der Waals surface area contributed by atoms with E-state index in [1.54, 1.807) is 0 Å². The molecule has 0 radical (unpaired) electrons. The predicted molar refractivity (Wildman–Crippen MR) is 105 cm³/mol. The molecule has 0 unspecified atom stereocenters. The summed E-state index contributed by atoms with van der Waals surface area (Å²) in [6, 6.07) is 4.90. The van der Waals surface area contributed by atoms with Crippen LogP contribution in [0, 0.1) is 0 Å². The van der Waals surface area contributed by atoms with Crippen molar-refractivity contribution in [3.63, 3.8) is 0 Å². The SMILES string of the molecule is O=C1CCC(=O)c2c(NC3CCCCC3)ccc(NC3CCCCC3)c21. The lowest BCUT2D eigenvalue weighted by molar-refractivity contribution is 0.0891. The number of ketones is 2. The Morgan fingerprint density at radius 2 is 1.00 bits per heavy atom. The van der Waals surface area contributed by atoms with E-state index in [1.165, 1.54) is 38.5 Å². The van der Waals surface area contributed by atoms with E-state index >= 15 is 0 Å². The Kier molecular flexibility index (Phi) is 5.28. The van der Waals surface area contributed by atoms with Crippen molar-refractivity contribution in [3.05, 3.63) is 23.3 Å². The molecule has 0 heterocycles. The number of hydrogen-bond acceptors (Lipinski definition) is 4. The highest BCUT2D eigenvalue weighted by atomic mass is 16.1. The van der Waals surface area contributed by atoms with Crippen molar-refractivity contribution in [1.29, 1.82) is 0 Å². The number of benzene rings is 1. The van der Waals surface area contributed by atoms with E-state index in [-0.39, 0.29) is 11.6 Å². The van der Waals surface area contributed by atoms with Gasteiger partial charge in [0.1, 0.15) is 0 Å². The van der Waals surface area contributed by atoms with Crippen molar-refractivity contribution < 1.29 is 9.59 Å². The van der Waals surface area contributed by atoms with Crippen molar-refractivity contribution in [3.8, 4) is 0 Å². The minimum absolute atomic E-state index is 0.116. The molecule has 1 aromatic rings. The van der Waals surface area contributed by atoms with Crippen LogP contribution in [0.25, 0.3) is 0 Å². The van der Waals surface area contributed by atoms with Crippen LogP contribution in [-0.4, -0.2) is 23.7 Å². The van der Waals surface area contributed by atoms with Gasteiger partial charge in [0.15, 0.2) is 11.6 Å². The smallest absolute Gasteiger partial charge is 0.166 e. The van der Waals surface area contributed by atoms with Gasteiger partial charge in [-0.1, -0.05) is 38.5 Å². The molecule has 0 aromatic heterocycles. The second-order valence-electron chi connectivity index (χ2n) is 8.22. The van der Waals surface area contributed by atoms with E-state index in [0.29, 0.717) is 36.1 Å². The number of carbonyl (C=O) groups is 2. The number of nitrogens with one attached hydrogen (secondary N) is 2. The first-order valence-electron chi connectivity index (χ1n) is 10.5. The Balaban J connectivity index is 1.64. The molecule has 2 saturated carbocycles. The van der Waals surface area contributed by atoms with Gasteiger partial charge >= 0.3 is 0 Å². The van der Waals surface area contributed by atoms with Crippen molar-refractivity contribution in [2.75, 3.05) is 10.6 Å². The number of hydrogen-bond donors (Lipinski definition) is 2. The monoisotopic (exact) mass is 354 g/mol. The average Bonchev–Trinajstić information content (AvgIpc) is 2.67. The van der Waals surface area contributed by atoms with Crippen LogP contribution in [0.1, 0.15) is 97.8 Å². The minimum atomic E-state index is 0.116. The minimum Gasteiger partial charge on any atom is -0.382 e. The second kappa shape index (κ2) is 7.81. The standard InChI is InChI=1S/C22H30N2O2/c25-19-13-14-20(26)22-18(24-16-9-5-2-6-10-16)12-11-17(21(19)22)23-15-7-3-1-4-8-15/h11-12,15-16,23-24H,1-10,13-14H2. The first-order chi connectivity index (χ1) is 12.7. The molecule has 3 aliphatic carbocycles. The number of Topliss-reactive ketones (excluding diaryl/α,β-unsaturated/α-hetero) is 2. The summed E-state index contributed by atoms with van der Waals surface area (Å²) in [5.74, 6) is 0.232. The molecule has 4 rings (SSSR count). The van der Waals surface area contributed by atoms with E-state index in [1.807, 2.05) is 12.1 Å². The zero-order valence-corrected chi connectivity index (χ0v) is 15.6. The molecule has 1 aromatic carbocycles. The van der Waals surface area contributed by atoms with Gasteiger partial charge in [0.25, 0.3) is 0 Å². The van der Waals surface area contributed by atoms with Gasteiger partial charge in [-0.2, -0.15) is 0 Å². The Morgan fingerprint density at radius 1 is 0.615 bits per heavy atom. The van der Waals surface area contributed by atoms with Gasteiger partial charge in [-0.05, 0) is 37.8 Å². The molecule has 4 nitrogen and oxygen atoms in total. The third-order valence-corrected chi connectivity index (χ3v) is 6.27. The predicted octanol–water partition coefficient (Wildman–Crippen LogP) is 5.34. The van der Waals surface area contributed by atoms with Crippen LogP contribution < -0.4 is 10.6 Å². The Morgan fingerprint density at radius 3 is 1.38 bits per heavy atom. The summed E-state index contributed by atoms with van der Waals surface area (Å²) in [4.78, 5) is 25.4. The molecule has 0 atom stereocenters. The fourth-order valence-corrected chi connectivity index (χ4v) is 4.83. The summed E-state index contributed by atoms with van der Waals surface area (Å²) in [6.45, 7) is 0. The highest BCUT2D eigenvalue weighted by Crippen LogP contribution is 2.36. The third-order valence-electron chi connectivity index (χ3n) is 6.27. The number of anilines is 2. The molecule has 0 aliphatic heterocycles. The van der Waals surface area contributed by atoms with Crippen LogP contribution in [0.2, 0.25) is 0 Å². The highest BCUT2D eigenvalue weighted by molar-refractivity contribution is 6.19. The molecule has 26 heavy (non-hydrogen) atoms. The van der Waals surface area contributed by atoms with Crippen molar-refractivity contribution in [1.82, 2.24) is 0 Å². The van der Waals surface area contributed by atoms with Gasteiger partial charge < -0.3 is 10.6 Å². The molecule has 2 fully saturated rings. The Labute approximate surface area is 156 Å². The lowest BCUT2D eigenvalue weighted by Gasteiger charge is -2.29. The summed E-state index contributed by atoms with van der Waals surface area (Å²) in [6.07, 6.45) is 12.9. The topological polar surface area (TPSA) is 58.2 Å². The zero-order chi connectivity index (χ0) is 17.9. The third kappa shape index (κ3) is 3.65. The lowest BCUT2D eigenvalue weighted by atomic mass is 9.85. The van der Waals surface area contributed by atoms with E-state index < -0.39 is 0 Å². The molecule has 0 bridgehead atoms. The van der Waals surface area contributed by atoms with Gasteiger partial charge in [-0.15, -0.1) is 0 Å². The van der Waals surface area contributed by atoms with Gasteiger partial charge in [0.2, 0.25) is 0 Å². The summed E-state index contributed by atoms with van der Waals surface area (Å²) < 4.78 is 0. The molecular formula is C22H30N2O2. The highest BCUT2D eigenvalue weighted by Gasteiger charge is 2.30. The number of carbonyl (C=O) groups excluding carboxylic acids is 2. The molecule has 4 heteroatoms. The quantitative estimate of drug-likeness (QED) is 0.767. The molecule has 0 spiro atoms. The van der Waals surface area contributed by atoms with E-state index in [9.17, 15) is 9.59 Å². The first kappa shape index (κ1) is 17.6. The molecule has 2 N–H and O–H groups in total. The van der Waals surface area contributed by atoms with Crippen molar-refractivity contribution in [2.24, 2.45) is 0 Å². The summed E-state index contributed by atoms with van der Waals surface area (Å²) in [5, 5.41) is 7.18.